The molecule has 1 aliphatic rings. The van der Waals surface area contributed by atoms with Crippen molar-refractivity contribution in [2.75, 3.05) is 6.54 Å². The fraction of sp³-hybridized carbons (Fsp3) is 0.600. The SMILES string of the molecule is Cc1cccc(CCC2(C)CCCCN2)c1. The van der Waals surface area contributed by atoms with E-state index in [2.05, 4.69) is 43.4 Å². The van der Waals surface area contributed by atoms with Gasteiger partial charge in [-0.05, 0) is 51.6 Å². The Hall–Kier alpha value is -0.820. The highest BCUT2D eigenvalue weighted by molar-refractivity contribution is 5.22. The molecule has 1 N–H and O–H groups in total. The van der Waals surface area contributed by atoms with E-state index in [-0.39, 0.29) is 0 Å². The molecule has 88 valence electrons. The van der Waals surface area contributed by atoms with Gasteiger partial charge in [0.2, 0.25) is 0 Å². The van der Waals surface area contributed by atoms with Crippen LogP contribution in [0.15, 0.2) is 24.3 Å². The third-order valence-corrected chi connectivity index (χ3v) is 3.76. The van der Waals surface area contributed by atoms with Crippen molar-refractivity contribution >= 4 is 0 Å². The maximum absolute atomic E-state index is 3.68. The number of benzene rings is 1. The molecular weight excluding hydrogens is 194 g/mol. The van der Waals surface area contributed by atoms with Crippen LogP contribution in [0.25, 0.3) is 0 Å². The van der Waals surface area contributed by atoms with E-state index in [1.807, 2.05) is 0 Å². The summed E-state index contributed by atoms with van der Waals surface area (Å²) >= 11 is 0. The summed E-state index contributed by atoms with van der Waals surface area (Å²) in [4.78, 5) is 0. The lowest BCUT2D eigenvalue weighted by atomic mass is 9.85. The molecule has 0 spiro atoms. The topological polar surface area (TPSA) is 12.0 Å². The third-order valence-electron chi connectivity index (χ3n) is 3.76. The van der Waals surface area contributed by atoms with Crippen molar-refractivity contribution in [2.45, 2.75) is 51.5 Å². The average molecular weight is 217 g/mol. The maximum atomic E-state index is 3.68. The zero-order valence-electron chi connectivity index (χ0n) is 10.6. The summed E-state index contributed by atoms with van der Waals surface area (Å²) in [7, 11) is 0. The molecule has 2 rings (SSSR count). The highest BCUT2D eigenvalue weighted by Gasteiger charge is 2.25. The minimum Gasteiger partial charge on any atom is -0.312 e. The molecule has 1 heteroatoms. The fourth-order valence-electron chi connectivity index (χ4n) is 2.62. The van der Waals surface area contributed by atoms with E-state index in [1.165, 1.54) is 49.8 Å². The Labute approximate surface area is 99.3 Å². The number of rotatable bonds is 3. The third kappa shape index (κ3) is 3.08. The van der Waals surface area contributed by atoms with Crippen LogP contribution < -0.4 is 5.32 Å². The average Bonchev–Trinajstić information content (AvgIpc) is 2.28. The Morgan fingerprint density at radius 2 is 2.19 bits per heavy atom. The van der Waals surface area contributed by atoms with E-state index < -0.39 is 0 Å². The molecule has 0 amide bonds. The molecule has 1 fully saturated rings. The van der Waals surface area contributed by atoms with Crippen LogP contribution in [0.1, 0.15) is 43.7 Å². The number of hydrogen-bond acceptors (Lipinski definition) is 1. The number of hydrogen-bond donors (Lipinski definition) is 1. The Morgan fingerprint density at radius 3 is 2.88 bits per heavy atom. The minimum absolute atomic E-state index is 0.377. The van der Waals surface area contributed by atoms with Gasteiger partial charge in [-0.25, -0.2) is 0 Å². The standard InChI is InChI=1S/C15H23N/c1-13-6-5-7-14(12-13)8-10-15(2)9-3-4-11-16-15/h5-7,12,16H,3-4,8-11H2,1-2H3. The van der Waals surface area contributed by atoms with E-state index in [4.69, 9.17) is 0 Å². The van der Waals surface area contributed by atoms with E-state index in [0.29, 0.717) is 5.54 Å². The van der Waals surface area contributed by atoms with Gasteiger partial charge in [0.25, 0.3) is 0 Å². The molecule has 0 radical (unpaired) electrons. The Morgan fingerprint density at radius 1 is 1.31 bits per heavy atom. The summed E-state index contributed by atoms with van der Waals surface area (Å²) < 4.78 is 0. The molecular formula is C15H23N. The molecule has 1 unspecified atom stereocenters. The molecule has 0 aromatic heterocycles. The van der Waals surface area contributed by atoms with Crippen LogP contribution in [-0.4, -0.2) is 12.1 Å². The van der Waals surface area contributed by atoms with Crippen molar-refractivity contribution < 1.29 is 0 Å². The van der Waals surface area contributed by atoms with Crippen LogP contribution in [0.3, 0.4) is 0 Å². The number of nitrogens with one attached hydrogen (secondary N) is 1. The summed E-state index contributed by atoms with van der Waals surface area (Å²) in [6.07, 6.45) is 6.53. The van der Waals surface area contributed by atoms with Gasteiger partial charge in [0.1, 0.15) is 0 Å². The van der Waals surface area contributed by atoms with Gasteiger partial charge in [0.15, 0.2) is 0 Å². The smallest absolute Gasteiger partial charge is 0.0156 e. The van der Waals surface area contributed by atoms with Crippen molar-refractivity contribution in [3.8, 4) is 0 Å². The van der Waals surface area contributed by atoms with Crippen LogP contribution in [0, 0.1) is 6.92 Å². The molecule has 1 saturated heterocycles. The lowest BCUT2D eigenvalue weighted by Crippen LogP contribution is -2.46. The monoisotopic (exact) mass is 217 g/mol. The molecule has 1 aromatic carbocycles. The first-order valence-electron chi connectivity index (χ1n) is 6.49. The van der Waals surface area contributed by atoms with Crippen molar-refractivity contribution in [1.29, 1.82) is 0 Å². The molecule has 1 atom stereocenters. The molecule has 1 aromatic rings. The molecule has 16 heavy (non-hydrogen) atoms. The van der Waals surface area contributed by atoms with Gasteiger partial charge in [0, 0.05) is 5.54 Å². The molecule has 0 bridgehead atoms. The van der Waals surface area contributed by atoms with Crippen LogP contribution in [0.4, 0.5) is 0 Å². The van der Waals surface area contributed by atoms with Crippen LogP contribution in [0.2, 0.25) is 0 Å². The minimum atomic E-state index is 0.377. The van der Waals surface area contributed by atoms with E-state index in [0.717, 1.165) is 0 Å². The van der Waals surface area contributed by atoms with Gasteiger partial charge < -0.3 is 5.32 Å². The fourth-order valence-corrected chi connectivity index (χ4v) is 2.62. The van der Waals surface area contributed by atoms with Gasteiger partial charge in [-0.2, -0.15) is 0 Å². The van der Waals surface area contributed by atoms with Crippen molar-refractivity contribution in [3.63, 3.8) is 0 Å². The van der Waals surface area contributed by atoms with Crippen LogP contribution in [-0.2, 0) is 6.42 Å². The largest absolute Gasteiger partial charge is 0.312 e. The number of aryl methyl sites for hydroxylation is 2. The first-order chi connectivity index (χ1) is 7.68. The normalized spacial score (nSPS) is 25.6. The zero-order valence-corrected chi connectivity index (χ0v) is 10.6. The summed E-state index contributed by atoms with van der Waals surface area (Å²) in [5.41, 5.74) is 3.23. The van der Waals surface area contributed by atoms with Crippen molar-refractivity contribution in [1.82, 2.24) is 5.32 Å². The lowest BCUT2D eigenvalue weighted by Gasteiger charge is -2.35. The maximum Gasteiger partial charge on any atom is 0.0156 e. The van der Waals surface area contributed by atoms with Crippen molar-refractivity contribution in [2.24, 2.45) is 0 Å². The summed E-state index contributed by atoms with van der Waals surface area (Å²) in [5, 5.41) is 3.68. The quantitative estimate of drug-likeness (QED) is 0.817. The Bertz CT molecular complexity index is 337. The van der Waals surface area contributed by atoms with Crippen LogP contribution >= 0.6 is 0 Å². The van der Waals surface area contributed by atoms with E-state index in [9.17, 15) is 0 Å². The van der Waals surface area contributed by atoms with Gasteiger partial charge in [-0.15, -0.1) is 0 Å². The summed E-state index contributed by atoms with van der Waals surface area (Å²) in [6.45, 7) is 5.75. The Kier molecular flexibility index (Phi) is 3.65. The zero-order chi connectivity index (χ0) is 11.4. The number of piperidine rings is 1. The first-order valence-corrected chi connectivity index (χ1v) is 6.49. The highest BCUT2D eigenvalue weighted by Crippen LogP contribution is 2.24. The molecule has 0 saturated carbocycles. The Balaban J connectivity index is 1.91. The van der Waals surface area contributed by atoms with Crippen LogP contribution in [0.5, 0.6) is 0 Å². The van der Waals surface area contributed by atoms with E-state index in [1.54, 1.807) is 0 Å². The second-order valence-electron chi connectivity index (χ2n) is 5.43. The molecule has 1 nitrogen and oxygen atoms in total. The second kappa shape index (κ2) is 5.01. The lowest BCUT2D eigenvalue weighted by molar-refractivity contribution is 0.261. The van der Waals surface area contributed by atoms with Gasteiger partial charge in [-0.1, -0.05) is 36.2 Å². The second-order valence-corrected chi connectivity index (χ2v) is 5.43. The predicted molar refractivity (Wildman–Crippen MR) is 69.8 cm³/mol. The first kappa shape index (κ1) is 11.7. The van der Waals surface area contributed by atoms with E-state index >= 15 is 0 Å². The summed E-state index contributed by atoms with van der Waals surface area (Å²) in [5.74, 6) is 0. The predicted octanol–water partition coefficient (Wildman–Crippen LogP) is 3.46. The van der Waals surface area contributed by atoms with Gasteiger partial charge >= 0.3 is 0 Å². The summed E-state index contributed by atoms with van der Waals surface area (Å²) in [6, 6.07) is 8.90. The van der Waals surface area contributed by atoms with Gasteiger partial charge in [-0.3, -0.25) is 0 Å². The van der Waals surface area contributed by atoms with Gasteiger partial charge in [0.05, 0.1) is 0 Å². The highest BCUT2D eigenvalue weighted by atomic mass is 15.0. The molecule has 1 aliphatic heterocycles. The molecule has 0 aliphatic carbocycles. The molecule has 1 heterocycles. The van der Waals surface area contributed by atoms with Crippen molar-refractivity contribution in [3.05, 3.63) is 35.4 Å².